The van der Waals surface area contributed by atoms with E-state index in [0.717, 1.165) is 23.6 Å². The minimum Gasteiger partial charge on any atom is -0.486 e. The van der Waals surface area contributed by atoms with Crippen molar-refractivity contribution in [1.29, 1.82) is 0 Å². The largest absolute Gasteiger partial charge is 0.486 e. The van der Waals surface area contributed by atoms with Gasteiger partial charge in [0.1, 0.15) is 18.1 Å². The van der Waals surface area contributed by atoms with Gasteiger partial charge in [-0.3, -0.25) is 0 Å². The van der Waals surface area contributed by atoms with E-state index < -0.39 is 0 Å². The van der Waals surface area contributed by atoms with Crippen molar-refractivity contribution < 1.29 is 9.15 Å². The van der Waals surface area contributed by atoms with Gasteiger partial charge in [0.2, 0.25) is 0 Å². The zero-order valence-electron chi connectivity index (χ0n) is 12.7. The maximum Gasteiger partial charge on any atom is 0.146 e. The van der Waals surface area contributed by atoms with E-state index in [-0.39, 0.29) is 0 Å². The predicted molar refractivity (Wildman–Crippen MR) is 80.9 cm³/mol. The lowest BCUT2D eigenvalue weighted by atomic mass is 10.1. The lowest BCUT2D eigenvalue weighted by Crippen LogP contribution is -2.22. The summed E-state index contributed by atoms with van der Waals surface area (Å²) in [5, 5.41) is 3.39. The van der Waals surface area contributed by atoms with Gasteiger partial charge in [-0.15, -0.1) is 0 Å². The van der Waals surface area contributed by atoms with Crippen LogP contribution >= 0.6 is 0 Å². The molecule has 0 aliphatic rings. The summed E-state index contributed by atoms with van der Waals surface area (Å²) in [6, 6.07) is 8.68. The van der Waals surface area contributed by atoms with Crippen molar-refractivity contribution in [3.63, 3.8) is 0 Å². The summed E-state index contributed by atoms with van der Waals surface area (Å²) in [5.41, 5.74) is 3.57. The number of ether oxygens (including phenoxy) is 1. The van der Waals surface area contributed by atoms with E-state index in [9.17, 15) is 0 Å². The highest BCUT2D eigenvalue weighted by Crippen LogP contribution is 2.19. The summed E-state index contributed by atoms with van der Waals surface area (Å²) in [7, 11) is 0. The van der Waals surface area contributed by atoms with Crippen LogP contribution in [-0.4, -0.2) is 6.04 Å². The molecular weight excluding hydrogens is 250 g/mol. The minimum absolute atomic E-state index is 0.457. The van der Waals surface area contributed by atoms with Gasteiger partial charge in [-0.25, -0.2) is 0 Å². The molecule has 0 spiro atoms. The van der Waals surface area contributed by atoms with Gasteiger partial charge in [0.05, 0.1) is 6.26 Å². The number of nitrogens with one attached hydrogen (secondary N) is 1. The Morgan fingerprint density at radius 2 is 1.85 bits per heavy atom. The van der Waals surface area contributed by atoms with E-state index in [2.05, 4.69) is 39.1 Å². The molecule has 1 heterocycles. The molecule has 1 N–H and O–H groups in total. The number of rotatable bonds is 6. The van der Waals surface area contributed by atoms with Crippen molar-refractivity contribution in [2.24, 2.45) is 0 Å². The standard InChI is InChI=1S/C17H23NO2/c1-12(2)18-10-15-5-6-19-17(15)11-20-16-8-13(3)7-14(4)9-16/h5-9,12,18H,10-11H2,1-4H3. The SMILES string of the molecule is Cc1cc(C)cc(OCc2occc2CNC(C)C)c1. The van der Waals surface area contributed by atoms with Gasteiger partial charge < -0.3 is 14.5 Å². The average molecular weight is 273 g/mol. The second-order valence-corrected chi connectivity index (χ2v) is 5.52. The number of hydrogen-bond acceptors (Lipinski definition) is 3. The van der Waals surface area contributed by atoms with E-state index in [0.29, 0.717) is 12.6 Å². The van der Waals surface area contributed by atoms with Crippen LogP contribution in [0, 0.1) is 13.8 Å². The van der Waals surface area contributed by atoms with Crippen LogP contribution in [0.25, 0.3) is 0 Å². The molecule has 0 saturated carbocycles. The number of aryl methyl sites for hydroxylation is 2. The molecule has 108 valence electrons. The highest BCUT2D eigenvalue weighted by Gasteiger charge is 2.08. The second-order valence-electron chi connectivity index (χ2n) is 5.52. The van der Waals surface area contributed by atoms with Crippen LogP contribution in [0.3, 0.4) is 0 Å². The maximum atomic E-state index is 5.84. The summed E-state index contributed by atoms with van der Waals surface area (Å²) in [6.07, 6.45) is 1.72. The molecule has 0 aliphatic heterocycles. The van der Waals surface area contributed by atoms with E-state index >= 15 is 0 Å². The molecule has 2 aromatic rings. The molecule has 0 amide bonds. The molecule has 0 atom stereocenters. The Morgan fingerprint density at radius 1 is 1.15 bits per heavy atom. The van der Waals surface area contributed by atoms with E-state index in [4.69, 9.17) is 9.15 Å². The molecule has 0 saturated heterocycles. The Kier molecular flexibility index (Phi) is 4.85. The number of furan rings is 1. The molecule has 20 heavy (non-hydrogen) atoms. The van der Waals surface area contributed by atoms with Crippen molar-refractivity contribution in [3.8, 4) is 5.75 Å². The zero-order valence-corrected chi connectivity index (χ0v) is 12.7. The normalized spacial score (nSPS) is 11.1. The van der Waals surface area contributed by atoms with Crippen LogP contribution < -0.4 is 10.1 Å². The van der Waals surface area contributed by atoms with Crippen molar-refractivity contribution in [2.75, 3.05) is 0 Å². The Labute approximate surface area is 121 Å². The third kappa shape index (κ3) is 4.14. The van der Waals surface area contributed by atoms with Crippen molar-refractivity contribution >= 4 is 0 Å². The monoisotopic (exact) mass is 273 g/mol. The third-order valence-electron chi connectivity index (χ3n) is 3.10. The zero-order chi connectivity index (χ0) is 14.5. The van der Waals surface area contributed by atoms with Crippen LogP contribution in [-0.2, 0) is 13.2 Å². The Balaban J connectivity index is 1.98. The topological polar surface area (TPSA) is 34.4 Å². The van der Waals surface area contributed by atoms with Gasteiger partial charge in [-0.05, 0) is 43.2 Å². The molecule has 0 fully saturated rings. The van der Waals surface area contributed by atoms with Crippen LogP contribution in [0.15, 0.2) is 34.9 Å². The molecule has 1 aromatic carbocycles. The molecule has 3 heteroatoms. The highest BCUT2D eigenvalue weighted by molar-refractivity contribution is 5.33. The van der Waals surface area contributed by atoms with E-state index in [1.807, 2.05) is 18.2 Å². The fourth-order valence-electron chi connectivity index (χ4n) is 2.13. The van der Waals surface area contributed by atoms with Gasteiger partial charge in [0.15, 0.2) is 0 Å². The molecule has 0 radical (unpaired) electrons. The van der Waals surface area contributed by atoms with Crippen LogP contribution in [0.1, 0.15) is 36.3 Å². The Morgan fingerprint density at radius 3 is 2.50 bits per heavy atom. The molecular formula is C17H23NO2. The number of benzene rings is 1. The van der Waals surface area contributed by atoms with Crippen molar-refractivity contribution in [1.82, 2.24) is 5.32 Å². The molecule has 0 unspecified atom stereocenters. The summed E-state index contributed by atoms with van der Waals surface area (Å²) >= 11 is 0. The Hall–Kier alpha value is -1.74. The summed E-state index contributed by atoms with van der Waals surface area (Å²) in [5.74, 6) is 1.78. The minimum atomic E-state index is 0.457. The lowest BCUT2D eigenvalue weighted by molar-refractivity contribution is 0.267. The summed E-state index contributed by atoms with van der Waals surface area (Å²) in [6.45, 7) is 9.68. The number of hydrogen-bond donors (Lipinski definition) is 1. The first-order valence-corrected chi connectivity index (χ1v) is 7.04. The van der Waals surface area contributed by atoms with E-state index in [1.165, 1.54) is 11.1 Å². The third-order valence-corrected chi connectivity index (χ3v) is 3.10. The molecule has 0 bridgehead atoms. The Bertz CT molecular complexity index is 538. The first kappa shape index (κ1) is 14.7. The highest BCUT2D eigenvalue weighted by atomic mass is 16.5. The first-order valence-electron chi connectivity index (χ1n) is 7.04. The van der Waals surface area contributed by atoms with Gasteiger partial charge >= 0.3 is 0 Å². The van der Waals surface area contributed by atoms with E-state index in [1.54, 1.807) is 6.26 Å². The molecule has 3 nitrogen and oxygen atoms in total. The van der Waals surface area contributed by atoms with Gasteiger partial charge in [-0.1, -0.05) is 19.9 Å². The summed E-state index contributed by atoms with van der Waals surface area (Å²) < 4.78 is 11.4. The lowest BCUT2D eigenvalue weighted by Gasteiger charge is -2.10. The average Bonchev–Trinajstić information content (AvgIpc) is 2.80. The smallest absolute Gasteiger partial charge is 0.146 e. The van der Waals surface area contributed by atoms with Crippen molar-refractivity contribution in [3.05, 3.63) is 53.0 Å². The van der Waals surface area contributed by atoms with Gasteiger partial charge in [-0.2, -0.15) is 0 Å². The van der Waals surface area contributed by atoms with Crippen LogP contribution in [0.2, 0.25) is 0 Å². The maximum absolute atomic E-state index is 5.84. The van der Waals surface area contributed by atoms with Crippen molar-refractivity contribution in [2.45, 2.75) is 46.9 Å². The molecule has 1 aromatic heterocycles. The quantitative estimate of drug-likeness (QED) is 0.864. The second kappa shape index (κ2) is 6.62. The van der Waals surface area contributed by atoms with Crippen LogP contribution in [0.5, 0.6) is 5.75 Å². The van der Waals surface area contributed by atoms with Gasteiger partial charge in [0.25, 0.3) is 0 Å². The molecule has 2 rings (SSSR count). The predicted octanol–water partition coefficient (Wildman–Crippen LogP) is 3.97. The fraction of sp³-hybridized carbons (Fsp3) is 0.412. The molecule has 0 aliphatic carbocycles. The van der Waals surface area contributed by atoms with Gasteiger partial charge in [0, 0.05) is 18.2 Å². The first-order chi connectivity index (χ1) is 9.54. The summed E-state index contributed by atoms with van der Waals surface area (Å²) in [4.78, 5) is 0. The fourth-order valence-corrected chi connectivity index (χ4v) is 2.13. The van der Waals surface area contributed by atoms with Crippen LogP contribution in [0.4, 0.5) is 0 Å².